The molecule has 1 aromatic carbocycles. The SMILES string of the molecule is CCOC(=O)C1(C(=O)OCC)[C@H]2C[C@@H](O[Si](C)(C)C(C)(C)C)CN(Cc3ccccc3)C(=O)[C@H](Cl)C[C@@H]21. The summed E-state index contributed by atoms with van der Waals surface area (Å²) in [6, 6.07) is 9.79. The van der Waals surface area contributed by atoms with Crippen molar-refractivity contribution in [2.24, 2.45) is 17.3 Å². The molecule has 1 saturated heterocycles. The largest absolute Gasteiger partial charge is 0.465 e. The van der Waals surface area contributed by atoms with Crippen LogP contribution in [0.1, 0.15) is 53.0 Å². The summed E-state index contributed by atoms with van der Waals surface area (Å²) in [4.78, 5) is 42.0. The van der Waals surface area contributed by atoms with Crippen molar-refractivity contribution in [3.05, 3.63) is 35.9 Å². The number of rotatable bonds is 8. The molecule has 4 atom stereocenters. The van der Waals surface area contributed by atoms with Crippen LogP contribution in [0.3, 0.4) is 0 Å². The van der Waals surface area contributed by atoms with Gasteiger partial charge in [0.15, 0.2) is 13.7 Å². The summed E-state index contributed by atoms with van der Waals surface area (Å²) in [6.45, 7) is 15.3. The Bertz CT molecular complexity index is 961. The fourth-order valence-corrected chi connectivity index (χ4v) is 6.96. The number of carbonyl (C=O) groups excluding carboxylic acids is 3. The van der Waals surface area contributed by atoms with E-state index in [0.717, 1.165) is 5.56 Å². The average molecular weight is 552 g/mol. The molecule has 1 aliphatic heterocycles. The second kappa shape index (κ2) is 11.5. The van der Waals surface area contributed by atoms with Gasteiger partial charge < -0.3 is 18.8 Å². The lowest BCUT2D eigenvalue weighted by molar-refractivity contribution is -0.166. The van der Waals surface area contributed by atoms with Gasteiger partial charge in [-0.1, -0.05) is 51.1 Å². The molecule has 1 heterocycles. The molecule has 1 aromatic rings. The summed E-state index contributed by atoms with van der Waals surface area (Å²) >= 11 is 6.72. The summed E-state index contributed by atoms with van der Waals surface area (Å²) < 4.78 is 17.6. The highest BCUT2D eigenvalue weighted by Gasteiger charge is 2.76. The smallest absolute Gasteiger partial charge is 0.324 e. The van der Waals surface area contributed by atoms with Crippen molar-refractivity contribution in [3.63, 3.8) is 0 Å². The van der Waals surface area contributed by atoms with Crippen molar-refractivity contribution < 1.29 is 28.3 Å². The summed E-state index contributed by atoms with van der Waals surface area (Å²) in [6.07, 6.45) is 0.270. The van der Waals surface area contributed by atoms with Crippen molar-refractivity contribution in [2.75, 3.05) is 19.8 Å². The molecule has 0 radical (unpaired) electrons. The van der Waals surface area contributed by atoms with E-state index in [2.05, 4.69) is 33.9 Å². The molecule has 206 valence electrons. The van der Waals surface area contributed by atoms with Gasteiger partial charge in [-0.05, 0) is 62.2 Å². The van der Waals surface area contributed by atoms with Crippen LogP contribution in [-0.4, -0.2) is 62.3 Å². The lowest BCUT2D eigenvalue weighted by Crippen LogP contribution is -2.49. The van der Waals surface area contributed by atoms with E-state index in [1.54, 1.807) is 18.7 Å². The highest BCUT2D eigenvalue weighted by Crippen LogP contribution is 2.65. The van der Waals surface area contributed by atoms with Gasteiger partial charge in [-0.25, -0.2) is 0 Å². The van der Waals surface area contributed by atoms with Crippen molar-refractivity contribution in [2.45, 2.75) is 83.6 Å². The number of hydrogen-bond acceptors (Lipinski definition) is 6. The number of halogens is 1. The van der Waals surface area contributed by atoms with Crippen LogP contribution >= 0.6 is 11.6 Å². The van der Waals surface area contributed by atoms with Crippen molar-refractivity contribution in [1.82, 2.24) is 4.90 Å². The highest BCUT2D eigenvalue weighted by molar-refractivity contribution is 6.74. The molecule has 9 heteroatoms. The maximum Gasteiger partial charge on any atom is 0.324 e. The lowest BCUT2D eigenvalue weighted by Gasteiger charge is -2.41. The minimum Gasteiger partial charge on any atom is -0.465 e. The Balaban J connectivity index is 2.01. The molecule has 0 bridgehead atoms. The summed E-state index contributed by atoms with van der Waals surface area (Å²) in [7, 11) is -2.25. The van der Waals surface area contributed by atoms with Crippen LogP contribution in [0.2, 0.25) is 18.1 Å². The number of amides is 1. The van der Waals surface area contributed by atoms with Gasteiger partial charge in [0.05, 0.1) is 19.3 Å². The van der Waals surface area contributed by atoms with Gasteiger partial charge in [-0.15, -0.1) is 11.6 Å². The van der Waals surface area contributed by atoms with Gasteiger partial charge in [0, 0.05) is 13.1 Å². The van der Waals surface area contributed by atoms with E-state index in [1.165, 1.54) is 0 Å². The van der Waals surface area contributed by atoms with Crippen LogP contribution in [0.4, 0.5) is 0 Å². The van der Waals surface area contributed by atoms with Gasteiger partial charge in [-0.3, -0.25) is 14.4 Å². The molecule has 7 nitrogen and oxygen atoms in total. The van der Waals surface area contributed by atoms with Gasteiger partial charge in [0.25, 0.3) is 0 Å². The second-order valence-corrected chi connectivity index (χ2v) is 16.9. The minimum absolute atomic E-state index is 0.0585. The third-order valence-corrected chi connectivity index (χ3v) is 13.1. The molecule has 37 heavy (non-hydrogen) atoms. The van der Waals surface area contributed by atoms with Crippen LogP contribution in [-0.2, 0) is 34.8 Å². The first-order valence-corrected chi connectivity index (χ1v) is 16.6. The third-order valence-electron chi connectivity index (χ3n) is 8.24. The number of carbonyl (C=O) groups is 3. The Morgan fingerprint density at radius 3 is 2.08 bits per heavy atom. The molecule has 3 rings (SSSR count). The van der Waals surface area contributed by atoms with Crippen molar-refractivity contribution in [1.29, 1.82) is 0 Å². The van der Waals surface area contributed by atoms with Crippen molar-refractivity contribution in [3.8, 4) is 0 Å². The molecule has 0 unspecified atom stereocenters. The average Bonchev–Trinajstić information content (AvgIpc) is 3.43. The van der Waals surface area contributed by atoms with Crippen LogP contribution in [0.15, 0.2) is 30.3 Å². The Kier molecular flexibility index (Phi) is 9.18. The predicted octanol–water partition coefficient (Wildman–Crippen LogP) is 5.17. The first kappa shape index (κ1) is 29.6. The molecular formula is C28H42ClNO6Si. The maximum atomic E-state index is 13.6. The zero-order valence-corrected chi connectivity index (χ0v) is 25.0. The quantitative estimate of drug-likeness (QED) is 0.192. The van der Waals surface area contributed by atoms with Gasteiger partial charge in [0.1, 0.15) is 5.38 Å². The standard InChI is InChI=1S/C28H42ClNO6Si/c1-8-34-25(32)28(26(33)35-9-2)21-15-20(36-37(6,7)27(3,4)5)18-30(17-19-13-11-10-12-14-19)24(31)23(29)16-22(21)28/h10-14,20-23H,8-9,15-18H2,1-7H3/t20-,21+,22+,23-/m1/s1. The number of fused-ring (bicyclic) bond motifs is 1. The summed E-state index contributed by atoms with van der Waals surface area (Å²) in [5.41, 5.74) is -0.446. The summed E-state index contributed by atoms with van der Waals surface area (Å²) in [5, 5.41) is -0.939. The number of esters is 2. The lowest BCUT2D eigenvalue weighted by atomic mass is 9.97. The Hall–Kier alpha value is -1.90. The van der Waals surface area contributed by atoms with Crippen LogP contribution in [0.25, 0.3) is 0 Å². The van der Waals surface area contributed by atoms with E-state index in [1.807, 2.05) is 30.3 Å². The van der Waals surface area contributed by atoms with Crippen LogP contribution in [0, 0.1) is 17.3 Å². The van der Waals surface area contributed by atoms with E-state index >= 15 is 0 Å². The number of nitrogens with zero attached hydrogens (tertiary/aromatic N) is 1. The first-order chi connectivity index (χ1) is 17.3. The first-order valence-electron chi connectivity index (χ1n) is 13.3. The predicted molar refractivity (Wildman–Crippen MR) is 145 cm³/mol. The number of benzene rings is 1. The fraction of sp³-hybridized carbons (Fsp3) is 0.679. The molecule has 0 spiro atoms. The molecule has 1 saturated carbocycles. The van der Waals surface area contributed by atoms with E-state index in [4.69, 9.17) is 25.5 Å². The second-order valence-electron chi connectivity index (χ2n) is 11.7. The minimum atomic E-state index is -2.25. The van der Waals surface area contributed by atoms with E-state index in [0.29, 0.717) is 19.5 Å². The topological polar surface area (TPSA) is 82.1 Å². The van der Waals surface area contributed by atoms with E-state index in [-0.39, 0.29) is 42.6 Å². The Morgan fingerprint density at radius 2 is 1.57 bits per heavy atom. The summed E-state index contributed by atoms with van der Waals surface area (Å²) in [5.74, 6) is -2.21. The molecule has 1 amide bonds. The number of hydrogen-bond donors (Lipinski definition) is 0. The van der Waals surface area contributed by atoms with Crippen LogP contribution in [0.5, 0.6) is 0 Å². The molecule has 2 fully saturated rings. The molecule has 0 aromatic heterocycles. The fourth-order valence-electron chi connectivity index (χ4n) is 5.27. The van der Waals surface area contributed by atoms with Crippen LogP contribution < -0.4 is 0 Å². The van der Waals surface area contributed by atoms with Crippen molar-refractivity contribution >= 4 is 37.8 Å². The Labute approximate surface area is 227 Å². The van der Waals surface area contributed by atoms with Gasteiger partial charge in [0.2, 0.25) is 5.91 Å². The number of alkyl halides is 1. The zero-order valence-electron chi connectivity index (χ0n) is 23.2. The third kappa shape index (κ3) is 6.07. The molecular weight excluding hydrogens is 510 g/mol. The highest BCUT2D eigenvalue weighted by atomic mass is 35.5. The molecule has 0 N–H and O–H groups in total. The maximum absolute atomic E-state index is 13.6. The normalized spacial score (nSPS) is 25.8. The molecule has 2 aliphatic rings. The zero-order chi connectivity index (χ0) is 27.6. The van der Waals surface area contributed by atoms with E-state index in [9.17, 15) is 14.4 Å². The van der Waals surface area contributed by atoms with Gasteiger partial charge >= 0.3 is 11.9 Å². The number of ether oxygens (including phenoxy) is 2. The van der Waals surface area contributed by atoms with E-state index < -0.39 is 37.0 Å². The molecule has 1 aliphatic carbocycles. The van der Waals surface area contributed by atoms with Gasteiger partial charge in [-0.2, -0.15) is 0 Å². The Morgan fingerprint density at radius 1 is 1.03 bits per heavy atom. The monoisotopic (exact) mass is 551 g/mol.